The second kappa shape index (κ2) is 8.71. The minimum atomic E-state index is -0.260. The summed E-state index contributed by atoms with van der Waals surface area (Å²) in [4.78, 5) is 2.42. The van der Waals surface area contributed by atoms with Crippen molar-refractivity contribution >= 4 is 11.1 Å². The average molecular weight is 428 g/mol. The van der Waals surface area contributed by atoms with E-state index in [1.807, 2.05) is 24.3 Å². The standard InChI is InChI=1S/C28H29NO3/c1-3-15-29-17-24(18-29)31-23-12-9-21(10-13-23)28-27(20-7-5-4-6-8-20)19(2)25-14-11-22(30)16-26(25)32-28/h4-14,16,24,28,30H,3,15,17-18H2,1-2H3. The van der Waals surface area contributed by atoms with Gasteiger partial charge in [0.05, 0.1) is 0 Å². The van der Waals surface area contributed by atoms with Crippen LogP contribution in [-0.4, -0.2) is 35.7 Å². The number of allylic oxidation sites excluding steroid dienone is 1. The van der Waals surface area contributed by atoms with Crippen molar-refractivity contribution in [1.29, 1.82) is 0 Å². The van der Waals surface area contributed by atoms with Crippen molar-refractivity contribution in [1.82, 2.24) is 4.90 Å². The zero-order valence-electron chi connectivity index (χ0n) is 18.6. The van der Waals surface area contributed by atoms with Gasteiger partial charge in [-0.2, -0.15) is 0 Å². The highest BCUT2D eigenvalue weighted by atomic mass is 16.5. The summed E-state index contributed by atoms with van der Waals surface area (Å²) < 4.78 is 12.6. The maximum atomic E-state index is 10.00. The zero-order valence-corrected chi connectivity index (χ0v) is 18.6. The van der Waals surface area contributed by atoms with Crippen molar-refractivity contribution in [2.45, 2.75) is 32.5 Å². The summed E-state index contributed by atoms with van der Waals surface area (Å²) in [5.41, 5.74) is 5.52. The van der Waals surface area contributed by atoms with E-state index in [4.69, 9.17) is 9.47 Å². The number of likely N-dealkylation sites (tertiary alicyclic amines) is 1. The zero-order chi connectivity index (χ0) is 22.1. The first-order valence-electron chi connectivity index (χ1n) is 11.4. The number of ether oxygens (including phenoxy) is 2. The molecule has 1 atom stereocenters. The fraction of sp³-hybridized carbons (Fsp3) is 0.286. The third kappa shape index (κ3) is 3.98. The van der Waals surface area contributed by atoms with E-state index in [-0.39, 0.29) is 18.0 Å². The third-order valence-corrected chi connectivity index (χ3v) is 6.31. The van der Waals surface area contributed by atoms with Gasteiger partial charge in [0.1, 0.15) is 29.5 Å². The number of benzene rings is 3. The molecule has 3 aromatic carbocycles. The van der Waals surface area contributed by atoms with Gasteiger partial charge in [-0.15, -0.1) is 0 Å². The van der Waals surface area contributed by atoms with E-state index in [0.29, 0.717) is 5.75 Å². The summed E-state index contributed by atoms with van der Waals surface area (Å²) in [6.07, 6.45) is 1.19. The van der Waals surface area contributed by atoms with Crippen LogP contribution in [0.3, 0.4) is 0 Å². The lowest BCUT2D eigenvalue weighted by molar-refractivity contribution is 0.0202. The summed E-state index contributed by atoms with van der Waals surface area (Å²) in [7, 11) is 0. The first kappa shape index (κ1) is 20.7. The molecule has 2 aliphatic heterocycles. The lowest BCUT2D eigenvalue weighted by atomic mass is 9.86. The predicted octanol–water partition coefficient (Wildman–Crippen LogP) is 5.93. The highest BCUT2D eigenvalue weighted by Crippen LogP contribution is 2.47. The number of phenolic OH excluding ortho intramolecular Hbond substituents is 1. The Labute approximate surface area is 189 Å². The van der Waals surface area contributed by atoms with Crippen LogP contribution >= 0.6 is 0 Å². The van der Waals surface area contributed by atoms with Gasteiger partial charge >= 0.3 is 0 Å². The van der Waals surface area contributed by atoms with Gasteiger partial charge < -0.3 is 14.6 Å². The Morgan fingerprint density at radius 2 is 1.75 bits per heavy atom. The largest absolute Gasteiger partial charge is 0.508 e. The Balaban J connectivity index is 1.43. The topological polar surface area (TPSA) is 41.9 Å². The van der Waals surface area contributed by atoms with Crippen LogP contribution in [0.2, 0.25) is 0 Å². The molecule has 2 aliphatic rings. The first-order chi connectivity index (χ1) is 15.6. The molecular weight excluding hydrogens is 398 g/mol. The molecule has 1 N–H and O–H groups in total. The summed E-state index contributed by atoms with van der Waals surface area (Å²) in [6, 6.07) is 24.0. The molecule has 1 unspecified atom stereocenters. The number of fused-ring (bicyclic) bond motifs is 1. The van der Waals surface area contributed by atoms with Gasteiger partial charge in [0.2, 0.25) is 0 Å². The van der Waals surface area contributed by atoms with Gasteiger partial charge in [0.15, 0.2) is 0 Å². The van der Waals surface area contributed by atoms with Crippen LogP contribution in [0.25, 0.3) is 11.1 Å². The summed E-state index contributed by atoms with van der Waals surface area (Å²) in [5, 5.41) is 10.00. The fourth-order valence-corrected chi connectivity index (χ4v) is 4.68. The molecule has 0 aliphatic carbocycles. The summed E-state index contributed by atoms with van der Waals surface area (Å²) in [6.45, 7) is 7.48. The molecule has 0 saturated carbocycles. The van der Waals surface area contributed by atoms with E-state index in [2.05, 4.69) is 55.1 Å². The van der Waals surface area contributed by atoms with E-state index in [0.717, 1.165) is 53.2 Å². The SMILES string of the molecule is CCCN1CC(Oc2ccc(C3Oc4cc(O)ccc4C(C)=C3c3ccccc3)cc2)C1. The highest BCUT2D eigenvalue weighted by Gasteiger charge is 2.30. The molecule has 4 heteroatoms. The molecule has 2 heterocycles. The van der Waals surface area contributed by atoms with E-state index >= 15 is 0 Å². The van der Waals surface area contributed by atoms with Gasteiger partial charge in [0, 0.05) is 30.3 Å². The van der Waals surface area contributed by atoms with Crippen molar-refractivity contribution in [2.24, 2.45) is 0 Å². The van der Waals surface area contributed by atoms with Crippen molar-refractivity contribution in [3.63, 3.8) is 0 Å². The minimum Gasteiger partial charge on any atom is -0.508 e. The van der Waals surface area contributed by atoms with Crippen LogP contribution in [0.15, 0.2) is 72.8 Å². The molecule has 1 fully saturated rings. The molecule has 164 valence electrons. The number of hydrogen-bond donors (Lipinski definition) is 1. The second-order valence-corrected chi connectivity index (χ2v) is 8.65. The summed E-state index contributed by atoms with van der Waals surface area (Å²) >= 11 is 0. The number of hydrogen-bond acceptors (Lipinski definition) is 4. The normalized spacial score (nSPS) is 18.6. The Morgan fingerprint density at radius 1 is 1.00 bits per heavy atom. The fourth-order valence-electron chi connectivity index (χ4n) is 4.68. The van der Waals surface area contributed by atoms with Crippen molar-refractivity contribution < 1.29 is 14.6 Å². The Hall–Kier alpha value is -3.24. The van der Waals surface area contributed by atoms with Crippen molar-refractivity contribution in [3.05, 3.63) is 89.5 Å². The third-order valence-electron chi connectivity index (χ3n) is 6.31. The minimum absolute atomic E-state index is 0.208. The lowest BCUT2D eigenvalue weighted by Gasteiger charge is -2.38. The van der Waals surface area contributed by atoms with Gasteiger partial charge in [-0.3, -0.25) is 4.90 Å². The Morgan fingerprint density at radius 3 is 2.47 bits per heavy atom. The van der Waals surface area contributed by atoms with Gasteiger partial charge in [-0.05, 0) is 60.9 Å². The van der Waals surface area contributed by atoms with E-state index in [1.54, 1.807) is 12.1 Å². The molecule has 0 bridgehead atoms. The molecule has 1 saturated heterocycles. The average Bonchev–Trinajstić information content (AvgIpc) is 2.78. The quantitative estimate of drug-likeness (QED) is 0.529. The molecular formula is C28H29NO3. The van der Waals surface area contributed by atoms with Crippen LogP contribution in [0, 0.1) is 0 Å². The van der Waals surface area contributed by atoms with Crippen LogP contribution in [0.4, 0.5) is 0 Å². The van der Waals surface area contributed by atoms with Crippen molar-refractivity contribution in [2.75, 3.05) is 19.6 Å². The first-order valence-corrected chi connectivity index (χ1v) is 11.4. The van der Waals surface area contributed by atoms with E-state index < -0.39 is 0 Å². The number of nitrogens with zero attached hydrogens (tertiary/aromatic N) is 1. The maximum absolute atomic E-state index is 10.00. The molecule has 0 aromatic heterocycles. The maximum Gasteiger partial charge on any atom is 0.150 e. The highest BCUT2D eigenvalue weighted by molar-refractivity contribution is 5.95. The number of phenols is 1. The molecule has 32 heavy (non-hydrogen) atoms. The number of rotatable bonds is 6. The van der Waals surface area contributed by atoms with Gasteiger partial charge in [-0.25, -0.2) is 0 Å². The molecule has 0 amide bonds. The summed E-state index contributed by atoms with van der Waals surface area (Å²) in [5.74, 6) is 1.81. The molecule has 3 aromatic rings. The second-order valence-electron chi connectivity index (χ2n) is 8.65. The molecule has 5 rings (SSSR count). The predicted molar refractivity (Wildman–Crippen MR) is 128 cm³/mol. The lowest BCUT2D eigenvalue weighted by Crippen LogP contribution is -2.53. The molecule has 0 spiro atoms. The monoisotopic (exact) mass is 427 g/mol. The van der Waals surface area contributed by atoms with Gasteiger partial charge in [-0.1, -0.05) is 49.4 Å². The van der Waals surface area contributed by atoms with Crippen LogP contribution in [0.1, 0.15) is 43.1 Å². The van der Waals surface area contributed by atoms with E-state index in [1.165, 1.54) is 6.42 Å². The molecule has 4 nitrogen and oxygen atoms in total. The Bertz CT molecular complexity index is 1120. The number of aromatic hydroxyl groups is 1. The Kier molecular flexibility index (Phi) is 5.62. The van der Waals surface area contributed by atoms with Crippen LogP contribution in [-0.2, 0) is 0 Å². The van der Waals surface area contributed by atoms with Gasteiger partial charge in [0.25, 0.3) is 0 Å². The van der Waals surface area contributed by atoms with Crippen LogP contribution in [0.5, 0.6) is 17.2 Å². The smallest absolute Gasteiger partial charge is 0.150 e. The molecule has 0 radical (unpaired) electrons. The van der Waals surface area contributed by atoms with Crippen LogP contribution < -0.4 is 9.47 Å². The van der Waals surface area contributed by atoms with Crippen molar-refractivity contribution in [3.8, 4) is 17.2 Å². The van der Waals surface area contributed by atoms with E-state index in [9.17, 15) is 5.11 Å².